The van der Waals surface area contributed by atoms with E-state index >= 15 is 0 Å². The predicted molar refractivity (Wildman–Crippen MR) is 102 cm³/mol. The molecule has 0 saturated carbocycles. The van der Waals surface area contributed by atoms with E-state index in [0.29, 0.717) is 17.1 Å². The van der Waals surface area contributed by atoms with Gasteiger partial charge < -0.3 is 5.32 Å². The van der Waals surface area contributed by atoms with Crippen molar-refractivity contribution >= 4 is 44.8 Å². The maximum absolute atomic E-state index is 12.3. The van der Waals surface area contributed by atoms with Crippen LogP contribution in [0, 0.1) is 0 Å². The molecule has 4 nitrogen and oxygen atoms in total. The monoisotopic (exact) mass is 405 g/mol. The van der Waals surface area contributed by atoms with Crippen molar-refractivity contribution in [1.29, 1.82) is 0 Å². The van der Waals surface area contributed by atoms with Crippen LogP contribution in [-0.2, 0) is 6.54 Å². The number of carbonyl (C=O) groups excluding carboxylic acids is 1. The second-order valence-corrected chi connectivity index (χ2v) is 7.00. The fraction of sp³-hybridized carbons (Fsp3) is 0.222. The Labute approximate surface area is 154 Å². The quantitative estimate of drug-likeness (QED) is 0.805. The van der Waals surface area contributed by atoms with Crippen LogP contribution in [0.15, 0.2) is 52.0 Å². The van der Waals surface area contributed by atoms with Crippen LogP contribution in [0.2, 0.25) is 5.02 Å². The van der Waals surface area contributed by atoms with Crippen molar-refractivity contribution in [2.75, 3.05) is 11.6 Å². The maximum atomic E-state index is 12.3. The van der Waals surface area contributed by atoms with Gasteiger partial charge in [-0.25, -0.2) is 0 Å². The second kappa shape index (κ2) is 7.36. The minimum Gasteiger partial charge on any atom is -0.348 e. The molecule has 6 heteroatoms. The molecule has 0 aromatic heterocycles. The molecule has 24 heavy (non-hydrogen) atoms. The first kappa shape index (κ1) is 17.0. The van der Waals surface area contributed by atoms with Crippen LogP contribution in [0.4, 0.5) is 5.69 Å². The summed E-state index contributed by atoms with van der Waals surface area (Å²) in [6, 6.07) is 13.1. The molecule has 0 spiro atoms. The van der Waals surface area contributed by atoms with Gasteiger partial charge in [-0.3, -0.25) is 9.80 Å². The predicted octanol–water partition coefficient (Wildman–Crippen LogP) is 4.62. The molecule has 1 aliphatic rings. The van der Waals surface area contributed by atoms with Gasteiger partial charge in [-0.15, -0.1) is 0 Å². The molecule has 2 aromatic carbocycles. The minimum absolute atomic E-state index is 0.123. The Morgan fingerprint density at radius 2 is 2.04 bits per heavy atom. The van der Waals surface area contributed by atoms with Crippen LogP contribution in [0.1, 0.15) is 29.3 Å². The molecule has 3 rings (SSSR count). The number of benzene rings is 2. The van der Waals surface area contributed by atoms with Gasteiger partial charge >= 0.3 is 0 Å². The van der Waals surface area contributed by atoms with Crippen molar-refractivity contribution < 1.29 is 4.79 Å². The molecule has 0 fully saturated rings. The van der Waals surface area contributed by atoms with E-state index < -0.39 is 0 Å². The van der Waals surface area contributed by atoms with Crippen LogP contribution in [0.5, 0.6) is 0 Å². The third kappa shape index (κ3) is 3.97. The summed E-state index contributed by atoms with van der Waals surface area (Å²) in [5, 5.41) is 9.93. The van der Waals surface area contributed by atoms with Gasteiger partial charge in [-0.2, -0.15) is 5.10 Å². The third-order valence-corrected chi connectivity index (χ3v) is 4.70. The normalized spacial score (nSPS) is 13.8. The van der Waals surface area contributed by atoms with Gasteiger partial charge in [-0.05, 0) is 48.9 Å². The van der Waals surface area contributed by atoms with E-state index in [0.717, 1.165) is 34.4 Å². The zero-order valence-corrected chi connectivity index (χ0v) is 15.6. The van der Waals surface area contributed by atoms with Crippen molar-refractivity contribution in [3.63, 3.8) is 0 Å². The summed E-state index contributed by atoms with van der Waals surface area (Å²) in [5.74, 6) is -0.123. The Kier molecular flexibility index (Phi) is 5.21. The molecule has 124 valence electrons. The largest absolute Gasteiger partial charge is 0.348 e. The van der Waals surface area contributed by atoms with Crippen molar-refractivity contribution in [2.45, 2.75) is 19.9 Å². The standard InChI is InChI=1S/C18H17BrClN3O/c1-12-8-9-23(22-12)16-6-3-13(4-7-16)18(24)21-11-14-2-5-15(19)10-17(14)20/h2-7,10H,8-9,11H2,1H3,(H,21,24). The summed E-state index contributed by atoms with van der Waals surface area (Å²) in [6.45, 7) is 3.30. The summed E-state index contributed by atoms with van der Waals surface area (Å²) in [6.07, 6.45) is 0.982. The summed E-state index contributed by atoms with van der Waals surface area (Å²) < 4.78 is 0.915. The van der Waals surface area contributed by atoms with Crippen molar-refractivity contribution in [2.24, 2.45) is 5.10 Å². The number of anilines is 1. The molecular weight excluding hydrogens is 390 g/mol. The van der Waals surface area contributed by atoms with Crippen LogP contribution in [0.3, 0.4) is 0 Å². The number of nitrogens with one attached hydrogen (secondary N) is 1. The van der Waals surface area contributed by atoms with Gasteiger partial charge in [0.15, 0.2) is 0 Å². The Hall–Kier alpha value is -1.85. The summed E-state index contributed by atoms with van der Waals surface area (Å²) in [4.78, 5) is 12.3. The fourth-order valence-electron chi connectivity index (χ4n) is 2.49. The van der Waals surface area contributed by atoms with Gasteiger partial charge in [0.1, 0.15) is 0 Å². The van der Waals surface area contributed by atoms with Crippen LogP contribution in [0.25, 0.3) is 0 Å². The van der Waals surface area contributed by atoms with Gasteiger partial charge in [0.05, 0.1) is 5.69 Å². The van der Waals surface area contributed by atoms with Gasteiger partial charge in [0.25, 0.3) is 5.91 Å². The minimum atomic E-state index is -0.123. The summed E-state index contributed by atoms with van der Waals surface area (Å²) >= 11 is 9.53. The smallest absolute Gasteiger partial charge is 0.251 e. The number of nitrogens with zero attached hydrogens (tertiary/aromatic N) is 2. The van der Waals surface area contributed by atoms with E-state index in [4.69, 9.17) is 11.6 Å². The van der Waals surface area contributed by atoms with E-state index in [-0.39, 0.29) is 5.91 Å². The van der Waals surface area contributed by atoms with Crippen molar-refractivity contribution in [3.8, 4) is 0 Å². The maximum Gasteiger partial charge on any atom is 0.251 e. The van der Waals surface area contributed by atoms with Crippen molar-refractivity contribution in [3.05, 3.63) is 63.1 Å². The number of carbonyl (C=O) groups is 1. The van der Waals surface area contributed by atoms with Gasteiger partial charge in [0.2, 0.25) is 0 Å². The van der Waals surface area contributed by atoms with Crippen molar-refractivity contribution in [1.82, 2.24) is 5.32 Å². The average Bonchev–Trinajstić information content (AvgIpc) is 3.00. The third-order valence-electron chi connectivity index (χ3n) is 3.86. The fourth-order valence-corrected chi connectivity index (χ4v) is 3.23. The van der Waals surface area contributed by atoms with Crippen LogP contribution >= 0.6 is 27.5 Å². The highest BCUT2D eigenvalue weighted by Crippen LogP contribution is 2.22. The average molecular weight is 407 g/mol. The molecule has 0 radical (unpaired) electrons. The molecule has 0 bridgehead atoms. The first-order valence-electron chi connectivity index (χ1n) is 7.67. The number of amides is 1. The van der Waals surface area contributed by atoms with E-state index in [1.807, 2.05) is 54.4 Å². The SMILES string of the molecule is CC1=NN(c2ccc(C(=O)NCc3ccc(Br)cc3Cl)cc2)CC1. The Bertz CT molecular complexity index is 789. The Balaban J connectivity index is 1.63. The molecule has 1 amide bonds. The highest BCUT2D eigenvalue weighted by atomic mass is 79.9. The lowest BCUT2D eigenvalue weighted by Gasteiger charge is -2.14. The van der Waals surface area contributed by atoms with E-state index in [9.17, 15) is 4.79 Å². The number of rotatable bonds is 4. The number of hydrogen-bond donors (Lipinski definition) is 1. The first-order valence-corrected chi connectivity index (χ1v) is 8.84. The first-order chi connectivity index (χ1) is 11.5. The van der Waals surface area contributed by atoms with Gasteiger partial charge in [0, 0.05) is 40.3 Å². The molecular formula is C18H17BrClN3O. The molecule has 1 N–H and O–H groups in total. The Morgan fingerprint density at radius 3 is 2.67 bits per heavy atom. The second-order valence-electron chi connectivity index (χ2n) is 5.67. The number of halogens is 2. The topological polar surface area (TPSA) is 44.7 Å². The highest BCUT2D eigenvalue weighted by Gasteiger charge is 2.13. The number of hydrogen-bond acceptors (Lipinski definition) is 3. The molecule has 0 atom stereocenters. The van der Waals surface area contributed by atoms with Crippen LogP contribution < -0.4 is 10.3 Å². The molecule has 0 aliphatic carbocycles. The Morgan fingerprint density at radius 1 is 1.29 bits per heavy atom. The summed E-state index contributed by atoms with van der Waals surface area (Å²) in [7, 11) is 0. The van der Waals surface area contributed by atoms with Crippen LogP contribution in [-0.4, -0.2) is 18.2 Å². The lowest BCUT2D eigenvalue weighted by Crippen LogP contribution is -2.23. The summed E-state index contributed by atoms with van der Waals surface area (Å²) in [5.41, 5.74) is 3.63. The zero-order chi connectivity index (χ0) is 17.1. The molecule has 0 unspecified atom stereocenters. The van der Waals surface area contributed by atoms with Gasteiger partial charge in [-0.1, -0.05) is 33.6 Å². The highest BCUT2D eigenvalue weighted by molar-refractivity contribution is 9.10. The van der Waals surface area contributed by atoms with E-state index in [2.05, 4.69) is 26.3 Å². The lowest BCUT2D eigenvalue weighted by molar-refractivity contribution is 0.0951. The van der Waals surface area contributed by atoms with E-state index in [1.54, 1.807) is 0 Å². The molecule has 2 aromatic rings. The number of hydrazone groups is 1. The molecule has 1 aliphatic heterocycles. The molecule has 1 heterocycles. The molecule has 0 saturated heterocycles. The van der Waals surface area contributed by atoms with E-state index in [1.165, 1.54) is 0 Å². The lowest BCUT2D eigenvalue weighted by atomic mass is 10.1. The zero-order valence-electron chi connectivity index (χ0n) is 13.2.